The van der Waals surface area contributed by atoms with Gasteiger partial charge in [-0.3, -0.25) is 9.71 Å². The highest BCUT2D eigenvalue weighted by molar-refractivity contribution is 7.92. The molecule has 4 aromatic rings. The van der Waals surface area contributed by atoms with Crippen LogP contribution in [-0.4, -0.2) is 73.3 Å². The summed E-state index contributed by atoms with van der Waals surface area (Å²) in [5.74, 6) is -2.20. The normalized spacial score (nSPS) is 14.1. The summed E-state index contributed by atoms with van der Waals surface area (Å²) in [6.45, 7) is 7.54. The lowest BCUT2D eigenvalue weighted by Crippen LogP contribution is -2.50. The molecule has 43 heavy (non-hydrogen) atoms. The second kappa shape index (κ2) is 11.6. The van der Waals surface area contributed by atoms with Gasteiger partial charge in [0.25, 0.3) is 10.0 Å². The van der Waals surface area contributed by atoms with E-state index in [1.54, 1.807) is 23.2 Å². The fourth-order valence-corrected chi connectivity index (χ4v) is 5.71. The van der Waals surface area contributed by atoms with Gasteiger partial charge in [-0.15, -0.1) is 0 Å². The van der Waals surface area contributed by atoms with E-state index in [-0.39, 0.29) is 17.7 Å². The van der Waals surface area contributed by atoms with Gasteiger partial charge < -0.3 is 19.3 Å². The standard InChI is InChI=1S/C29H30F2N6O5S/c1-29(2,3)42-28(38)37-13-11-36(12-14-37)24-9-10-32-22-7-6-21(34-26(22)24)18-15-23(27(41-4)33-17-18)35-43(39,40)25-8-5-19(30)16-20(25)31/h5-10,15-17,35H,11-14H2,1-4H3. The predicted octanol–water partition coefficient (Wildman–Crippen LogP) is 4.84. The molecule has 1 aliphatic rings. The highest BCUT2D eigenvalue weighted by Crippen LogP contribution is 2.32. The number of aromatic nitrogens is 3. The van der Waals surface area contributed by atoms with Gasteiger partial charge in [-0.2, -0.15) is 0 Å². The first-order valence-electron chi connectivity index (χ1n) is 13.4. The minimum Gasteiger partial charge on any atom is -0.480 e. The number of halogens is 2. The highest BCUT2D eigenvalue weighted by Gasteiger charge is 2.27. The molecule has 1 N–H and O–H groups in total. The number of hydrogen-bond acceptors (Lipinski definition) is 9. The molecule has 0 aliphatic carbocycles. The van der Waals surface area contributed by atoms with E-state index >= 15 is 0 Å². The Hall–Kier alpha value is -4.59. The molecule has 1 saturated heterocycles. The molecule has 14 heteroatoms. The largest absolute Gasteiger partial charge is 0.480 e. The Labute approximate surface area is 247 Å². The Bertz CT molecular complexity index is 1790. The molecule has 0 bridgehead atoms. The topological polar surface area (TPSA) is 127 Å². The van der Waals surface area contributed by atoms with Gasteiger partial charge in [-0.05, 0) is 57.2 Å². The molecule has 11 nitrogen and oxygen atoms in total. The van der Waals surface area contributed by atoms with Gasteiger partial charge >= 0.3 is 6.09 Å². The maximum absolute atomic E-state index is 14.3. The van der Waals surface area contributed by atoms with Crippen molar-refractivity contribution in [2.24, 2.45) is 0 Å². The highest BCUT2D eigenvalue weighted by atomic mass is 32.2. The van der Waals surface area contributed by atoms with Crippen LogP contribution in [0.25, 0.3) is 22.3 Å². The Kier molecular flexibility index (Phi) is 8.06. The zero-order valence-corrected chi connectivity index (χ0v) is 24.8. The maximum atomic E-state index is 14.3. The summed E-state index contributed by atoms with van der Waals surface area (Å²) in [5, 5.41) is 0. The average Bonchev–Trinajstić information content (AvgIpc) is 2.95. The lowest BCUT2D eigenvalue weighted by molar-refractivity contribution is 0.0240. The second-order valence-corrected chi connectivity index (χ2v) is 12.5. The van der Waals surface area contributed by atoms with E-state index in [9.17, 15) is 22.0 Å². The van der Waals surface area contributed by atoms with Gasteiger partial charge in [0.2, 0.25) is 5.88 Å². The Balaban J connectivity index is 1.43. The number of ether oxygens (including phenoxy) is 2. The van der Waals surface area contributed by atoms with Crippen molar-refractivity contribution in [2.75, 3.05) is 42.9 Å². The van der Waals surface area contributed by atoms with Gasteiger partial charge in [-0.1, -0.05) is 0 Å². The first-order valence-corrected chi connectivity index (χ1v) is 14.8. The van der Waals surface area contributed by atoms with E-state index in [2.05, 4.69) is 19.6 Å². The number of piperazine rings is 1. The number of amides is 1. The number of carbonyl (C=O) groups is 1. The molecule has 0 spiro atoms. The molecule has 1 fully saturated rings. The Morgan fingerprint density at radius 3 is 2.42 bits per heavy atom. The van der Waals surface area contributed by atoms with Gasteiger partial charge in [0.15, 0.2) is 0 Å². The Morgan fingerprint density at radius 2 is 1.74 bits per heavy atom. The number of benzene rings is 1. The number of sulfonamides is 1. The fraction of sp³-hybridized carbons (Fsp3) is 0.310. The molecular weight excluding hydrogens is 582 g/mol. The lowest BCUT2D eigenvalue weighted by atomic mass is 10.1. The minimum atomic E-state index is -4.45. The third-order valence-electron chi connectivity index (χ3n) is 6.60. The molecule has 1 amide bonds. The van der Waals surface area contributed by atoms with Crippen molar-refractivity contribution in [3.63, 3.8) is 0 Å². The molecule has 0 unspecified atom stereocenters. The number of hydrogen-bond donors (Lipinski definition) is 1. The predicted molar refractivity (Wildman–Crippen MR) is 157 cm³/mol. The maximum Gasteiger partial charge on any atom is 0.410 e. The fourth-order valence-electron chi connectivity index (χ4n) is 4.60. The van der Waals surface area contributed by atoms with Gasteiger partial charge in [0, 0.05) is 50.2 Å². The van der Waals surface area contributed by atoms with E-state index in [0.29, 0.717) is 54.5 Å². The van der Waals surface area contributed by atoms with Crippen LogP contribution in [0.4, 0.5) is 25.0 Å². The van der Waals surface area contributed by atoms with Crippen LogP contribution in [-0.2, 0) is 14.8 Å². The monoisotopic (exact) mass is 612 g/mol. The summed E-state index contributed by atoms with van der Waals surface area (Å²) in [5.41, 5.74) is 2.35. The van der Waals surface area contributed by atoms with Crippen molar-refractivity contribution in [3.05, 3.63) is 66.5 Å². The summed E-state index contributed by atoms with van der Waals surface area (Å²) in [4.78, 5) is 29.0. The number of fused-ring (bicyclic) bond motifs is 1. The number of nitrogens with zero attached hydrogens (tertiary/aromatic N) is 5. The average molecular weight is 613 g/mol. The number of nitrogens with one attached hydrogen (secondary N) is 1. The number of rotatable bonds is 6. The van der Waals surface area contributed by atoms with E-state index in [1.165, 1.54) is 19.4 Å². The summed E-state index contributed by atoms with van der Waals surface area (Å²) in [6, 6.07) is 9.01. The number of methoxy groups -OCH3 is 1. The van der Waals surface area contributed by atoms with Crippen molar-refractivity contribution in [1.29, 1.82) is 0 Å². The van der Waals surface area contributed by atoms with Crippen molar-refractivity contribution in [2.45, 2.75) is 31.3 Å². The lowest BCUT2D eigenvalue weighted by Gasteiger charge is -2.36. The molecule has 4 heterocycles. The molecule has 0 radical (unpaired) electrons. The van der Waals surface area contributed by atoms with Crippen LogP contribution in [0.2, 0.25) is 0 Å². The summed E-state index contributed by atoms with van der Waals surface area (Å²) < 4.78 is 66.6. The smallest absolute Gasteiger partial charge is 0.410 e. The summed E-state index contributed by atoms with van der Waals surface area (Å²) in [7, 11) is -3.14. The number of carbonyl (C=O) groups excluding carboxylic acids is 1. The zero-order chi connectivity index (χ0) is 30.9. The minimum absolute atomic E-state index is 0.0548. The molecule has 1 aliphatic heterocycles. The van der Waals surface area contributed by atoms with Crippen LogP contribution < -0.4 is 14.4 Å². The van der Waals surface area contributed by atoms with E-state index < -0.39 is 32.2 Å². The third kappa shape index (κ3) is 6.58. The molecule has 226 valence electrons. The zero-order valence-electron chi connectivity index (χ0n) is 24.0. The van der Waals surface area contributed by atoms with Gasteiger partial charge in [-0.25, -0.2) is 32.0 Å². The van der Waals surface area contributed by atoms with Crippen LogP contribution >= 0.6 is 0 Å². The SMILES string of the molecule is COc1ncc(-c2ccc3nccc(N4CCN(C(=O)OC(C)(C)C)CC4)c3n2)cc1NS(=O)(=O)c1ccc(F)cc1F. The van der Waals surface area contributed by atoms with Crippen LogP contribution in [0.3, 0.4) is 0 Å². The molecule has 5 rings (SSSR count). The molecule has 1 aromatic carbocycles. The second-order valence-electron chi connectivity index (χ2n) is 10.8. The molecule has 0 saturated carbocycles. The molecular formula is C29H30F2N6O5S. The van der Waals surface area contributed by atoms with Crippen LogP contribution in [0.15, 0.2) is 59.8 Å². The van der Waals surface area contributed by atoms with Crippen molar-refractivity contribution >= 4 is 38.5 Å². The third-order valence-corrected chi connectivity index (χ3v) is 8.00. The van der Waals surface area contributed by atoms with Crippen molar-refractivity contribution < 1.29 is 31.5 Å². The molecule has 0 atom stereocenters. The van der Waals surface area contributed by atoms with E-state index in [0.717, 1.165) is 17.8 Å². The summed E-state index contributed by atoms with van der Waals surface area (Å²) >= 11 is 0. The number of anilines is 2. The first-order chi connectivity index (χ1) is 20.3. The van der Waals surface area contributed by atoms with Crippen LogP contribution in [0.1, 0.15) is 20.8 Å². The van der Waals surface area contributed by atoms with Gasteiger partial charge in [0.1, 0.15) is 33.3 Å². The quantitative estimate of drug-likeness (QED) is 0.326. The van der Waals surface area contributed by atoms with Crippen molar-refractivity contribution in [3.8, 4) is 17.1 Å². The van der Waals surface area contributed by atoms with Crippen molar-refractivity contribution in [1.82, 2.24) is 19.9 Å². The van der Waals surface area contributed by atoms with Crippen LogP contribution in [0, 0.1) is 11.6 Å². The first kappa shape index (κ1) is 29.9. The number of pyridine rings is 3. The van der Waals surface area contributed by atoms with E-state index in [4.69, 9.17) is 14.5 Å². The molecule has 3 aromatic heterocycles. The van der Waals surface area contributed by atoms with E-state index in [1.807, 2.05) is 26.8 Å². The summed E-state index contributed by atoms with van der Waals surface area (Å²) in [6.07, 6.45) is 2.81. The van der Waals surface area contributed by atoms with Gasteiger partial charge in [0.05, 0.1) is 24.0 Å². The Morgan fingerprint density at radius 1 is 1.00 bits per heavy atom. The van der Waals surface area contributed by atoms with Crippen LogP contribution in [0.5, 0.6) is 5.88 Å².